The highest BCUT2D eigenvalue weighted by molar-refractivity contribution is 9.10. The highest BCUT2D eigenvalue weighted by Gasteiger charge is 2.35. The van der Waals surface area contributed by atoms with Crippen molar-refractivity contribution in [2.24, 2.45) is 5.92 Å². The van der Waals surface area contributed by atoms with Crippen molar-refractivity contribution in [3.63, 3.8) is 0 Å². The van der Waals surface area contributed by atoms with E-state index in [1.165, 1.54) is 0 Å². The van der Waals surface area contributed by atoms with E-state index in [0.717, 1.165) is 15.9 Å². The van der Waals surface area contributed by atoms with Gasteiger partial charge in [-0.15, -0.1) is 0 Å². The fourth-order valence-electron chi connectivity index (χ4n) is 2.85. The first-order valence-corrected chi connectivity index (χ1v) is 9.44. The van der Waals surface area contributed by atoms with E-state index in [0.29, 0.717) is 23.9 Å². The van der Waals surface area contributed by atoms with E-state index in [-0.39, 0.29) is 18.2 Å². The molecule has 0 bridgehead atoms. The number of ether oxygens (including phenoxy) is 1. The Hall–Kier alpha value is -2.05. The van der Waals surface area contributed by atoms with Gasteiger partial charge in [0.05, 0.1) is 23.2 Å². The lowest BCUT2D eigenvalue weighted by Gasteiger charge is -2.17. The highest BCUT2D eigenvalue weighted by Crippen LogP contribution is 2.30. The number of anilines is 2. The lowest BCUT2D eigenvalue weighted by Crippen LogP contribution is -2.28. The summed E-state index contributed by atoms with van der Waals surface area (Å²) in [5.74, 6) is 0.0445. The zero-order valence-corrected chi connectivity index (χ0v) is 16.5. The van der Waals surface area contributed by atoms with Crippen LogP contribution in [0.1, 0.15) is 13.3 Å². The number of carbonyl (C=O) groups is 2. The lowest BCUT2D eigenvalue weighted by molar-refractivity contribution is -0.122. The molecule has 2 aromatic rings. The highest BCUT2D eigenvalue weighted by atomic mass is 79.9. The van der Waals surface area contributed by atoms with Gasteiger partial charge in [0, 0.05) is 23.1 Å². The van der Waals surface area contributed by atoms with Crippen molar-refractivity contribution in [2.45, 2.75) is 13.3 Å². The van der Waals surface area contributed by atoms with E-state index in [9.17, 15) is 9.59 Å². The number of hydrogen-bond donors (Lipinski definition) is 1. The van der Waals surface area contributed by atoms with Crippen LogP contribution in [0.5, 0.6) is 5.75 Å². The molecule has 7 heteroatoms. The topological polar surface area (TPSA) is 58.6 Å². The van der Waals surface area contributed by atoms with E-state index in [1.54, 1.807) is 23.1 Å². The van der Waals surface area contributed by atoms with Gasteiger partial charge in [-0.1, -0.05) is 27.5 Å². The summed E-state index contributed by atoms with van der Waals surface area (Å²) in [6.07, 6.45) is 0.174. The van der Waals surface area contributed by atoms with E-state index >= 15 is 0 Å². The minimum absolute atomic E-state index is 0.0730. The molecule has 1 saturated heterocycles. The molecule has 2 amide bonds. The zero-order chi connectivity index (χ0) is 18.7. The fourth-order valence-corrected chi connectivity index (χ4v) is 3.57. The quantitative estimate of drug-likeness (QED) is 0.749. The molecule has 2 aromatic carbocycles. The average molecular weight is 438 g/mol. The van der Waals surface area contributed by atoms with Gasteiger partial charge >= 0.3 is 0 Å². The molecule has 0 spiro atoms. The largest absolute Gasteiger partial charge is 0.494 e. The van der Waals surface area contributed by atoms with Crippen LogP contribution in [0.4, 0.5) is 11.4 Å². The SMILES string of the molecule is CCOc1ccc(N2C[C@H](C(=O)Nc3ccc(Br)cc3Cl)CC2=O)cc1. The van der Waals surface area contributed by atoms with Crippen LogP contribution in [0.15, 0.2) is 46.9 Å². The van der Waals surface area contributed by atoms with Gasteiger partial charge in [0.2, 0.25) is 11.8 Å². The summed E-state index contributed by atoms with van der Waals surface area (Å²) < 4.78 is 6.24. The number of nitrogens with zero attached hydrogens (tertiary/aromatic N) is 1. The average Bonchev–Trinajstić information content (AvgIpc) is 3.00. The molecule has 26 heavy (non-hydrogen) atoms. The predicted molar refractivity (Wildman–Crippen MR) is 106 cm³/mol. The number of nitrogens with one attached hydrogen (secondary N) is 1. The maximum Gasteiger partial charge on any atom is 0.229 e. The summed E-state index contributed by atoms with van der Waals surface area (Å²) in [6, 6.07) is 12.5. The van der Waals surface area contributed by atoms with E-state index in [2.05, 4.69) is 21.2 Å². The molecule has 0 unspecified atom stereocenters. The van der Waals surface area contributed by atoms with Crippen molar-refractivity contribution < 1.29 is 14.3 Å². The Morgan fingerprint density at radius 1 is 1.31 bits per heavy atom. The second kappa shape index (κ2) is 8.10. The number of hydrogen-bond acceptors (Lipinski definition) is 3. The summed E-state index contributed by atoms with van der Waals surface area (Å²) in [5.41, 5.74) is 1.29. The van der Waals surface area contributed by atoms with Gasteiger partial charge < -0.3 is 15.0 Å². The van der Waals surface area contributed by atoms with Crippen LogP contribution in [0.3, 0.4) is 0 Å². The van der Waals surface area contributed by atoms with Crippen LogP contribution in [0.25, 0.3) is 0 Å². The van der Waals surface area contributed by atoms with Gasteiger partial charge in [0.15, 0.2) is 0 Å². The first kappa shape index (κ1) is 18.7. The monoisotopic (exact) mass is 436 g/mol. The maximum atomic E-state index is 12.5. The van der Waals surface area contributed by atoms with Gasteiger partial charge in [-0.25, -0.2) is 0 Å². The Kier molecular flexibility index (Phi) is 5.84. The Morgan fingerprint density at radius 2 is 2.04 bits per heavy atom. The summed E-state index contributed by atoms with van der Waals surface area (Å²) in [4.78, 5) is 26.5. The molecular formula is C19H18BrClN2O3. The molecule has 1 N–H and O–H groups in total. The number of benzene rings is 2. The summed E-state index contributed by atoms with van der Waals surface area (Å²) in [7, 11) is 0. The van der Waals surface area contributed by atoms with Crippen molar-refractivity contribution in [3.8, 4) is 5.75 Å². The zero-order valence-electron chi connectivity index (χ0n) is 14.2. The molecule has 0 aliphatic carbocycles. The Bertz CT molecular complexity index is 826. The lowest BCUT2D eigenvalue weighted by atomic mass is 10.1. The minimum Gasteiger partial charge on any atom is -0.494 e. The van der Waals surface area contributed by atoms with Crippen molar-refractivity contribution in [1.82, 2.24) is 0 Å². The molecule has 0 saturated carbocycles. The second-order valence-electron chi connectivity index (χ2n) is 5.95. The molecule has 1 aliphatic heterocycles. The molecule has 0 radical (unpaired) electrons. The minimum atomic E-state index is -0.422. The molecule has 5 nitrogen and oxygen atoms in total. The number of halogens is 2. The third-order valence-electron chi connectivity index (χ3n) is 4.14. The smallest absolute Gasteiger partial charge is 0.229 e. The van der Waals surface area contributed by atoms with Crippen LogP contribution in [-0.2, 0) is 9.59 Å². The van der Waals surface area contributed by atoms with Crippen LogP contribution >= 0.6 is 27.5 Å². The molecule has 3 rings (SSSR count). The molecule has 0 aromatic heterocycles. The molecule has 136 valence electrons. The predicted octanol–water partition coefficient (Wildman–Crippen LogP) is 4.49. The second-order valence-corrected chi connectivity index (χ2v) is 7.27. The molecule has 1 heterocycles. The number of amides is 2. The van der Waals surface area contributed by atoms with Gasteiger partial charge in [-0.2, -0.15) is 0 Å². The van der Waals surface area contributed by atoms with Gasteiger partial charge in [-0.3, -0.25) is 9.59 Å². The van der Waals surface area contributed by atoms with Crippen LogP contribution < -0.4 is 15.0 Å². The maximum absolute atomic E-state index is 12.5. The standard InChI is InChI=1S/C19H18BrClN2O3/c1-2-26-15-6-4-14(5-7-15)23-11-12(9-18(23)24)19(25)22-17-8-3-13(20)10-16(17)21/h3-8,10,12H,2,9,11H2,1H3,(H,22,25)/t12-/m1/s1. The van der Waals surface area contributed by atoms with Crippen molar-refractivity contribution >= 4 is 50.7 Å². The van der Waals surface area contributed by atoms with E-state index in [1.807, 2.05) is 31.2 Å². The Morgan fingerprint density at radius 3 is 2.69 bits per heavy atom. The van der Waals surface area contributed by atoms with Crippen LogP contribution in [0.2, 0.25) is 5.02 Å². The number of rotatable bonds is 5. The van der Waals surface area contributed by atoms with E-state index < -0.39 is 5.92 Å². The number of carbonyl (C=O) groups excluding carboxylic acids is 2. The molecule has 1 fully saturated rings. The van der Waals surface area contributed by atoms with Crippen molar-refractivity contribution in [3.05, 3.63) is 52.0 Å². The molecule has 1 atom stereocenters. The molecular weight excluding hydrogens is 420 g/mol. The normalized spacial score (nSPS) is 16.7. The van der Waals surface area contributed by atoms with Crippen LogP contribution in [0, 0.1) is 5.92 Å². The third-order valence-corrected chi connectivity index (χ3v) is 4.95. The first-order valence-electron chi connectivity index (χ1n) is 8.27. The van der Waals surface area contributed by atoms with Gasteiger partial charge in [0.25, 0.3) is 0 Å². The van der Waals surface area contributed by atoms with Crippen molar-refractivity contribution in [1.29, 1.82) is 0 Å². The Labute approximate surface area is 165 Å². The molecule has 1 aliphatic rings. The summed E-state index contributed by atoms with van der Waals surface area (Å²) in [5, 5.41) is 3.25. The fraction of sp³-hybridized carbons (Fsp3) is 0.263. The van der Waals surface area contributed by atoms with Gasteiger partial charge in [-0.05, 0) is 49.4 Å². The summed E-state index contributed by atoms with van der Waals surface area (Å²) in [6.45, 7) is 2.84. The first-order chi connectivity index (χ1) is 12.5. The van der Waals surface area contributed by atoms with Crippen molar-refractivity contribution in [2.75, 3.05) is 23.4 Å². The van der Waals surface area contributed by atoms with E-state index in [4.69, 9.17) is 16.3 Å². The Balaban J connectivity index is 1.67. The van der Waals surface area contributed by atoms with Gasteiger partial charge in [0.1, 0.15) is 5.75 Å². The third kappa shape index (κ3) is 4.19. The van der Waals surface area contributed by atoms with Crippen LogP contribution in [-0.4, -0.2) is 25.0 Å². The summed E-state index contributed by atoms with van der Waals surface area (Å²) >= 11 is 9.47.